The van der Waals surface area contributed by atoms with E-state index in [1.807, 2.05) is 6.07 Å². The zero-order chi connectivity index (χ0) is 25.0. The Bertz CT molecular complexity index is 1280. The molecule has 178 valence electrons. The van der Waals surface area contributed by atoms with Crippen LogP contribution in [0.3, 0.4) is 0 Å². The molecule has 1 unspecified atom stereocenters. The number of urea groups is 2. The lowest BCUT2D eigenvalue weighted by atomic mass is 9.92. The fourth-order valence-corrected chi connectivity index (χ4v) is 3.65. The lowest BCUT2D eigenvalue weighted by Gasteiger charge is -2.22. The number of para-hydroxylation sites is 1. The molecule has 1 saturated heterocycles. The minimum atomic E-state index is -1.42. The van der Waals surface area contributed by atoms with Gasteiger partial charge in [-0.05, 0) is 55.0 Å². The van der Waals surface area contributed by atoms with Gasteiger partial charge in [0.25, 0.3) is 5.91 Å². The van der Waals surface area contributed by atoms with Gasteiger partial charge in [-0.2, -0.15) is 0 Å². The maximum atomic E-state index is 13.3. The third-order valence-corrected chi connectivity index (χ3v) is 5.43. The number of hydrogen-bond acceptors (Lipinski definition) is 4. The summed E-state index contributed by atoms with van der Waals surface area (Å²) in [6.07, 6.45) is 0. The second-order valence-electron chi connectivity index (χ2n) is 8.03. The van der Waals surface area contributed by atoms with E-state index in [9.17, 15) is 23.6 Å². The molecule has 0 saturated carbocycles. The maximum Gasteiger partial charge on any atom is 0.325 e. The summed E-state index contributed by atoms with van der Waals surface area (Å²) in [6.45, 7) is 0.974. The molecule has 1 fully saturated rings. The van der Waals surface area contributed by atoms with E-state index in [0.717, 1.165) is 4.90 Å². The summed E-state index contributed by atoms with van der Waals surface area (Å²) in [5.74, 6) is -1.71. The number of anilines is 3. The SMILES string of the molecule is CC1(c2ccc(F)cc2)NC(=O)N(CC(=O)Nc2cccc(NC(=O)Nc3ccccc3)c2)C1=O. The van der Waals surface area contributed by atoms with E-state index in [4.69, 9.17) is 0 Å². The van der Waals surface area contributed by atoms with Gasteiger partial charge in [-0.3, -0.25) is 14.5 Å². The Morgan fingerprint density at radius 1 is 0.857 bits per heavy atom. The van der Waals surface area contributed by atoms with E-state index in [0.29, 0.717) is 22.6 Å². The lowest BCUT2D eigenvalue weighted by Crippen LogP contribution is -2.42. The number of carbonyl (C=O) groups is 4. The van der Waals surface area contributed by atoms with Crippen LogP contribution >= 0.6 is 0 Å². The van der Waals surface area contributed by atoms with Gasteiger partial charge < -0.3 is 21.3 Å². The van der Waals surface area contributed by atoms with Crippen LogP contribution in [0.5, 0.6) is 0 Å². The van der Waals surface area contributed by atoms with E-state index in [2.05, 4.69) is 21.3 Å². The summed E-state index contributed by atoms with van der Waals surface area (Å²) in [6, 6.07) is 19.3. The fourth-order valence-electron chi connectivity index (χ4n) is 3.65. The zero-order valence-electron chi connectivity index (χ0n) is 18.7. The number of carbonyl (C=O) groups excluding carboxylic acids is 4. The van der Waals surface area contributed by atoms with Crippen molar-refractivity contribution in [1.29, 1.82) is 0 Å². The fraction of sp³-hybridized carbons (Fsp3) is 0.120. The summed E-state index contributed by atoms with van der Waals surface area (Å²) < 4.78 is 13.3. The third-order valence-electron chi connectivity index (χ3n) is 5.43. The number of amides is 6. The summed E-state index contributed by atoms with van der Waals surface area (Å²) >= 11 is 0. The van der Waals surface area contributed by atoms with Crippen LogP contribution < -0.4 is 21.3 Å². The van der Waals surface area contributed by atoms with Crippen molar-refractivity contribution in [2.75, 3.05) is 22.5 Å². The highest BCUT2D eigenvalue weighted by Gasteiger charge is 2.49. The van der Waals surface area contributed by atoms with Crippen molar-refractivity contribution in [3.05, 3.63) is 90.2 Å². The average Bonchev–Trinajstić information content (AvgIpc) is 3.04. The second-order valence-corrected chi connectivity index (χ2v) is 8.03. The number of rotatable bonds is 6. The first-order chi connectivity index (χ1) is 16.7. The molecule has 35 heavy (non-hydrogen) atoms. The van der Waals surface area contributed by atoms with Gasteiger partial charge >= 0.3 is 12.1 Å². The Balaban J connectivity index is 1.38. The Labute approximate surface area is 200 Å². The average molecular weight is 475 g/mol. The summed E-state index contributed by atoms with van der Waals surface area (Å²) in [5.41, 5.74) is 0.389. The Morgan fingerprint density at radius 2 is 1.46 bits per heavy atom. The van der Waals surface area contributed by atoms with Gasteiger partial charge in [0, 0.05) is 17.1 Å². The standard InChI is InChI=1S/C25H22FN5O4/c1-25(16-10-12-17(26)13-11-16)22(33)31(24(35)30-25)15-21(32)27-19-8-5-9-20(14-19)29-23(34)28-18-6-3-2-4-7-18/h2-14H,15H2,1H3,(H,27,32)(H,30,35)(H2,28,29,34). The number of benzene rings is 3. The minimum Gasteiger partial charge on any atom is -0.324 e. The summed E-state index contributed by atoms with van der Waals surface area (Å²) in [5, 5.41) is 10.5. The topological polar surface area (TPSA) is 120 Å². The van der Waals surface area contributed by atoms with Crippen LogP contribution in [0.15, 0.2) is 78.9 Å². The molecular formula is C25H22FN5O4. The van der Waals surface area contributed by atoms with Crippen LogP contribution in [0.4, 0.5) is 31.0 Å². The molecule has 1 heterocycles. The van der Waals surface area contributed by atoms with Gasteiger partial charge in [0.05, 0.1) is 0 Å². The minimum absolute atomic E-state index is 0.362. The molecule has 0 bridgehead atoms. The van der Waals surface area contributed by atoms with Gasteiger partial charge in [-0.25, -0.2) is 14.0 Å². The van der Waals surface area contributed by atoms with Gasteiger partial charge in [0.15, 0.2) is 0 Å². The summed E-state index contributed by atoms with van der Waals surface area (Å²) in [7, 11) is 0. The van der Waals surface area contributed by atoms with Crippen LogP contribution in [0, 0.1) is 5.82 Å². The normalized spacial score (nSPS) is 17.0. The largest absolute Gasteiger partial charge is 0.325 e. The molecule has 3 aromatic carbocycles. The van der Waals surface area contributed by atoms with E-state index in [1.165, 1.54) is 37.3 Å². The number of imide groups is 1. The first-order valence-corrected chi connectivity index (χ1v) is 10.7. The van der Waals surface area contributed by atoms with E-state index < -0.39 is 41.8 Å². The first kappa shape index (κ1) is 23.4. The molecule has 0 radical (unpaired) electrons. The predicted octanol–water partition coefficient (Wildman–Crippen LogP) is 3.88. The quantitative estimate of drug-likeness (QED) is 0.405. The molecule has 0 aromatic heterocycles. The van der Waals surface area contributed by atoms with Crippen molar-refractivity contribution in [2.45, 2.75) is 12.5 Å². The number of nitrogens with zero attached hydrogens (tertiary/aromatic N) is 1. The highest BCUT2D eigenvalue weighted by molar-refractivity contribution is 6.10. The molecule has 0 aliphatic carbocycles. The van der Waals surface area contributed by atoms with E-state index in [1.54, 1.807) is 42.5 Å². The smallest absolute Gasteiger partial charge is 0.324 e. The molecule has 4 rings (SSSR count). The molecule has 0 spiro atoms. The number of hydrogen-bond donors (Lipinski definition) is 4. The van der Waals surface area contributed by atoms with Crippen LogP contribution in [-0.2, 0) is 15.1 Å². The van der Waals surface area contributed by atoms with Gasteiger partial charge in [0.2, 0.25) is 5.91 Å². The first-order valence-electron chi connectivity index (χ1n) is 10.7. The number of nitrogens with one attached hydrogen (secondary N) is 4. The zero-order valence-corrected chi connectivity index (χ0v) is 18.7. The molecule has 1 atom stereocenters. The molecule has 3 aromatic rings. The molecule has 4 N–H and O–H groups in total. The Hall–Kier alpha value is -4.73. The lowest BCUT2D eigenvalue weighted by molar-refractivity contribution is -0.133. The Kier molecular flexibility index (Phi) is 6.45. The molecule has 6 amide bonds. The Morgan fingerprint density at radius 3 is 2.14 bits per heavy atom. The van der Waals surface area contributed by atoms with Crippen molar-refractivity contribution in [3.63, 3.8) is 0 Å². The van der Waals surface area contributed by atoms with Gasteiger partial charge in [0.1, 0.15) is 17.9 Å². The van der Waals surface area contributed by atoms with Crippen LogP contribution in [0.2, 0.25) is 0 Å². The van der Waals surface area contributed by atoms with Crippen molar-refractivity contribution in [1.82, 2.24) is 10.2 Å². The van der Waals surface area contributed by atoms with Crippen molar-refractivity contribution in [3.8, 4) is 0 Å². The van der Waals surface area contributed by atoms with Gasteiger partial charge in [-0.15, -0.1) is 0 Å². The molecule has 10 heteroatoms. The molecule has 1 aliphatic heterocycles. The summed E-state index contributed by atoms with van der Waals surface area (Å²) in [4.78, 5) is 51.0. The van der Waals surface area contributed by atoms with Crippen molar-refractivity contribution in [2.24, 2.45) is 0 Å². The number of halogens is 1. The van der Waals surface area contributed by atoms with Crippen LogP contribution in [0.1, 0.15) is 12.5 Å². The van der Waals surface area contributed by atoms with Gasteiger partial charge in [-0.1, -0.05) is 36.4 Å². The van der Waals surface area contributed by atoms with Crippen molar-refractivity contribution < 1.29 is 23.6 Å². The molecular weight excluding hydrogens is 453 g/mol. The highest BCUT2D eigenvalue weighted by Crippen LogP contribution is 2.29. The predicted molar refractivity (Wildman–Crippen MR) is 128 cm³/mol. The van der Waals surface area contributed by atoms with Crippen molar-refractivity contribution >= 4 is 40.9 Å². The molecule has 9 nitrogen and oxygen atoms in total. The van der Waals surface area contributed by atoms with Crippen LogP contribution in [0.25, 0.3) is 0 Å². The van der Waals surface area contributed by atoms with E-state index in [-0.39, 0.29) is 0 Å². The maximum absolute atomic E-state index is 13.3. The highest BCUT2D eigenvalue weighted by atomic mass is 19.1. The monoisotopic (exact) mass is 475 g/mol. The van der Waals surface area contributed by atoms with Crippen LogP contribution in [-0.4, -0.2) is 35.3 Å². The second kappa shape index (κ2) is 9.64. The third kappa shape index (κ3) is 5.27. The van der Waals surface area contributed by atoms with E-state index >= 15 is 0 Å². The molecule has 1 aliphatic rings.